The predicted octanol–water partition coefficient (Wildman–Crippen LogP) is 0.637. The number of amides is 1. The molecular formula is C24H27N4O5S2+. The first-order chi connectivity index (χ1) is 16.9. The van der Waals surface area contributed by atoms with E-state index in [0.717, 1.165) is 55.1 Å². The lowest BCUT2D eigenvalue weighted by Gasteiger charge is -2.32. The van der Waals surface area contributed by atoms with Crippen molar-refractivity contribution in [2.45, 2.75) is 17.8 Å². The van der Waals surface area contributed by atoms with Gasteiger partial charge in [0.1, 0.15) is 6.54 Å². The maximum atomic E-state index is 13.0. The average molecular weight is 516 g/mol. The van der Waals surface area contributed by atoms with Crippen LogP contribution in [0.3, 0.4) is 0 Å². The van der Waals surface area contributed by atoms with E-state index < -0.39 is 9.84 Å². The Hall–Kier alpha value is -2.76. The largest absolute Gasteiger partial charge is 0.454 e. The van der Waals surface area contributed by atoms with Crippen molar-refractivity contribution in [1.29, 1.82) is 0 Å². The molecule has 6 rings (SSSR count). The highest BCUT2D eigenvalue weighted by Crippen LogP contribution is 2.35. The van der Waals surface area contributed by atoms with Crippen LogP contribution >= 0.6 is 11.8 Å². The number of aliphatic imine (C=N–C) groups is 1. The van der Waals surface area contributed by atoms with Crippen LogP contribution in [0, 0.1) is 0 Å². The second kappa shape index (κ2) is 9.03. The number of anilines is 1. The van der Waals surface area contributed by atoms with Crippen molar-refractivity contribution in [2.24, 2.45) is 4.99 Å². The Bertz CT molecular complexity index is 1270. The van der Waals surface area contributed by atoms with Gasteiger partial charge in [0, 0.05) is 22.1 Å². The molecular weight excluding hydrogens is 488 g/mol. The molecule has 0 spiro atoms. The van der Waals surface area contributed by atoms with Gasteiger partial charge in [-0.2, -0.15) is 0 Å². The maximum absolute atomic E-state index is 13.0. The maximum Gasteiger partial charge on any atom is 0.254 e. The molecule has 11 heteroatoms. The number of thioether (sulfide) groups is 1. The highest BCUT2D eigenvalue weighted by Gasteiger charge is 2.42. The fraction of sp³-hybridized carbons (Fsp3) is 0.417. The third-order valence-corrected chi connectivity index (χ3v) is 9.99. The topological polar surface area (TPSA) is 102 Å². The molecule has 35 heavy (non-hydrogen) atoms. The van der Waals surface area contributed by atoms with E-state index in [1.54, 1.807) is 0 Å². The number of nitrogens with zero attached hydrogens (tertiary/aromatic N) is 2. The number of benzene rings is 2. The van der Waals surface area contributed by atoms with Gasteiger partial charge < -0.3 is 24.6 Å². The van der Waals surface area contributed by atoms with Crippen LogP contribution in [0.4, 0.5) is 5.69 Å². The van der Waals surface area contributed by atoms with Gasteiger partial charge in [-0.1, -0.05) is 11.8 Å². The zero-order valence-corrected chi connectivity index (χ0v) is 20.7. The molecule has 2 atom stereocenters. The molecule has 184 valence electrons. The number of quaternary nitrogens is 1. The summed E-state index contributed by atoms with van der Waals surface area (Å²) in [4.78, 5) is 20.9. The smallest absolute Gasteiger partial charge is 0.254 e. The molecule has 0 saturated carbocycles. The van der Waals surface area contributed by atoms with E-state index in [-0.39, 0.29) is 35.5 Å². The summed E-state index contributed by atoms with van der Waals surface area (Å²) in [7, 11) is -2.96. The lowest BCUT2D eigenvalue weighted by molar-refractivity contribution is -0.917. The summed E-state index contributed by atoms with van der Waals surface area (Å²) in [6, 6.07) is 13.4. The summed E-state index contributed by atoms with van der Waals surface area (Å²) >= 11 is 1.49. The van der Waals surface area contributed by atoms with Crippen LogP contribution in [-0.4, -0.2) is 80.2 Å². The summed E-state index contributed by atoms with van der Waals surface area (Å²) in [5.74, 6) is 1.98. The first kappa shape index (κ1) is 22.7. The molecule has 4 aliphatic heterocycles. The monoisotopic (exact) mass is 515 g/mol. The van der Waals surface area contributed by atoms with Crippen LogP contribution in [0.1, 0.15) is 15.9 Å². The Morgan fingerprint density at radius 3 is 2.63 bits per heavy atom. The Morgan fingerprint density at radius 2 is 1.86 bits per heavy atom. The number of amidine groups is 1. The minimum Gasteiger partial charge on any atom is -0.454 e. The number of ether oxygens (including phenoxy) is 2. The number of piperazine rings is 1. The van der Waals surface area contributed by atoms with Crippen molar-refractivity contribution in [3.05, 3.63) is 53.6 Å². The molecule has 2 aromatic rings. The third-order valence-electron chi connectivity index (χ3n) is 6.85. The van der Waals surface area contributed by atoms with Crippen molar-refractivity contribution in [2.75, 3.05) is 49.8 Å². The molecule has 0 aromatic heterocycles. The highest BCUT2D eigenvalue weighted by molar-refractivity contribution is 8.15. The molecule has 2 saturated heterocycles. The Morgan fingerprint density at radius 1 is 1.09 bits per heavy atom. The van der Waals surface area contributed by atoms with Crippen molar-refractivity contribution in [3.8, 4) is 11.5 Å². The van der Waals surface area contributed by atoms with Gasteiger partial charge >= 0.3 is 0 Å². The first-order valence-electron chi connectivity index (χ1n) is 11.8. The van der Waals surface area contributed by atoms with Gasteiger partial charge in [-0.3, -0.25) is 9.79 Å². The molecule has 1 amide bonds. The van der Waals surface area contributed by atoms with E-state index >= 15 is 0 Å². The number of fused-ring (bicyclic) bond motifs is 2. The van der Waals surface area contributed by atoms with Crippen LogP contribution in [0.5, 0.6) is 11.5 Å². The molecule has 2 unspecified atom stereocenters. The van der Waals surface area contributed by atoms with Gasteiger partial charge in [0.2, 0.25) is 6.79 Å². The van der Waals surface area contributed by atoms with E-state index in [9.17, 15) is 13.2 Å². The molecule has 4 aliphatic rings. The zero-order valence-electron chi connectivity index (χ0n) is 19.1. The molecule has 2 N–H and O–H groups in total. The van der Waals surface area contributed by atoms with Crippen molar-refractivity contribution >= 4 is 38.4 Å². The number of hydrogen-bond donors (Lipinski definition) is 2. The second-order valence-corrected chi connectivity index (χ2v) is 12.7. The molecule has 0 bridgehead atoms. The van der Waals surface area contributed by atoms with E-state index in [1.807, 2.05) is 41.3 Å². The van der Waals surface area contributed by atoms with Crippen LogP contribution in [0.25, 0.3) is 0 Å². The van der Waals surface area contributed by atoms with E-state index in [1.165, 1.54) is 22.2 Å². The van der Waals surface area contributed by atoms with Crippen LogP contribution in [0.15, 0.2) is 47.5 Å². The SMILES string of the molecule is O=C(c1ccc(NC2=NC3CS(=O)(=O)CC3S2)cc1)N1CC[NH+](Cc2ccc3c(c2)OCO3)CC1. The lowest BCUT2D eigenvalue weighted by atomic mass is 10.1. The van der Waals surface area contributed by atoms with Gasteiger partial charge in [0.25, 0.3) is 5.91 Å². The van der Waals surface area contributed by atoms with E-state index in [2.05, 4.69) is 16.4 Å². The first-order valence-corrected chi connectivity index (χ1v) is 14.5. The van der Waals surface area contributed by atoms with E-state index in [4.69, 9.17) is 9.47 Å². The van der Waals surface area contributed by atoms with Gasteiger partial charge in [-0.25, -0.2) is 8.42 Å². The number of sulfone groups is 1. The van der Waals surface area contributed by atoms with Gasteiger partial charge in [-0.15, -0.1) is 0 Å². The number of carbonyl (C=O) groups excluding carboxylic acids is 1. The van der Waals surface area contributed by atoms with Crippen LogP contribution in [0.2, 0.25) is 0 Å². The van der Waals surface area contributed by atoms with Gasteiger partial charge in [0.15, 0.2) is 26.5 Å². The zero-order chi connectivity index (χ0) is 24.0. The molecule has 4 heterocycles. The van der Waals surface area contributed by atoms with Crippen LogP contribution < -0.4 is 19.7 Å². The van der Waals surface area contributed by atoms with Crippen molar-refractivity contribution in [3.63, 3.8) is 0 Å². The summed E-state index contributed by atoms with van der Waals surface area (Å²) in [5.41, 5.74) is 2.72. The Labute approximate surface area is 208 Å². The van der Waals surface area contributed by atoms with Gasteiger partial charge in [-0.05, 0) is 42.5 Å². The lowest BCUT2D eigenvalue weighted by Crippen LogP contribution is -3.13. The highest BCUT2D eigenvalue weighted by atomic mass is 32.2. The number of rotatable bonds is 4. The third kappa shape index (κ3) is 4.85. The standard InChI is InChI=1S/C24H26N4O5S2/c29-23(28-9-7-27(8-10-28)12-16-1-6-20-21(11-16)33-15-32-20)17-2-4-18(5-3-17)25-24-26-19-13-35(30,31)14-22(19)34-24/h1-6,11,19,22H,7-10,12-15H2,(H,25,26)/p+1. The minimum absolute atomic E-state index is 0.00851. The quantitative estimate of drug-likeness (QED) is 0.616. The fourth-order valence-corrected chi connectivity index (χ4v) is 8.64. The molecule has 9 nitrogen and oxygen atoms in total. The molecule has 2 aromatic carbocycles. The fourth-order valence-electron chi connectivity index (χ4n) is 4.96. The average Bonchev–Trinajstić information content (AvgIpc) is 3.52. The Kier molecular flexibility index (Phi) is 5.85. The summed E-state index contributed by atoms with van der Waals surface area (Å²) in [6.45, 7) is 4.42. The van der Waals surface area contributed by atoms with Crippen molar-refractivity contribution < 1.29 is 27.6 Å². The van der Waals surface area contributed by atoms with E-state index in [0.29, 0.717) is 5.56 Å². The summed E-state index contributed by atoms with van der Waals surface area (Å²) in [6.07, 6.45) is 0. The second-order valence-electron chi connectivity index (χ2n) is 9.34. The Balaban J connectivity index is 1.01. The predicted molar refractivity (Wildman–Crippen MR) is 134 cm³/mol. The number of nitrogens with one attached hydrogen (secondary N) is 2. The van der Waals surface area contributed by atoms with Crippen LogP contribution in [-0.2, 0) is 16.4 Å². The van der Waals surface area contributed by atoms with Gasteiger partial charge in [0.05, 0.1) is 43.7 Å². The molecule has 0 aliphatic carbocycles. The summed E-state index contributed by atoms with van der Waals surface area (Å²) in [5, 5.41) is 4.01. The number of carbonyl (C=O) groups is 1. The minimum atomic E-state index is -2.96. The molecule has 0 radical (unpaired) electrons. The molecule has 2 fully saturated rings. The summed E-state index contributed by atoms with van der Waals surface area (Å²) < 4.78 is 34.3. The normalized spacial score (nSPS) is 24.8. The number of hydrogen-bond acceptors (Lipinski definition) is 8. The van der Waals surface area contributed by atoms with Crippen molar-refractivity contribution in [1.82, 2.24) is 4.90 Å².